The predicted octanol–water partition coefficient (Wildman–Crippen LogP) is 12.1. The van der Waals surface area contributed by atoms with Crippen LogP contribution in [0, 0.1) is 5.92 Å². The molecule has 0 amide bonds. The Morgan fingerprint density at radius 2 is 0.796 bits per heavy atom. The maximum Gasteiger partial charge on any atom is 0.308 e. The molecule has 0 fully saturated rings. The molecule has 2 atom stereocenters. The normalized spacial score (nSPS) is 13.6. The summed E-state index contributed by atoms with van der Waals surface area (Å²) >= 11 is 0. The minimum absolute atomic E-state index is 0.120. The summed E-state index contributed by atoms with van der Waals surface area (Å²) in [6, 6.07) is 0. The summed E-state index contributed by atoms with van der Waals surface area (Å²) in [5.41, 5.74) is 0. The molecule has 0 saturated carbocycles. The van der Waals surface area contributed by atoms with Crippen LogP contribution in [-0.4, -0.2) is 65.9 Å². The fourth-order valence-corrected chi connectivity index (χ4v) is 9.03. The van der Waals surface area contributed by atoms with Crippen LogP contribution in [0.15, 0.2) is 0 Å². The lowest BCUT2D eigenvalue weighted by molar-refractivity contribution is -0.910. The number of carbonyl (C=O) groups is 2. The van der Waals surface area contributed by atoms with Crippen molar-refractivity contribution in [1.29, 1.82) is 0 Å². The van der Waals surface area contributed by atoms with Crippen LogP contribution in [0.3, 0.4) is 0 Å². The van der Waals surface area contributed by atoms with Crippen LogP contribution < -0.4 is 5.11 Å². The summed E-state index contributed by atoms with van der Waals surface area (Å²) in [5, 5.41) is 21.4. The lowest BCUT2D eigenvalue weighted by Gasteiger charge is -2.36. The molecule has 8 nitrogen and oxygen atoms in total. The first-order chi connectivity index (χ1) is 25.8. The van der Waals surface area contributed by atoms with Gasteiger partial charge in [-0.1, -0.05) is 189 Å². The van der Waals surface area contributed by atoms with E-state index in [0.29, 0.717) is 19.3 Å². The third-order valence-electron chi connectivity index (χ3n) is 11.6. The number of hydrogen-bond acceptors (Lipinski definition) is 5. The highest BCUT2D eigenvalue weighted by molar-refractivity contribution is 7.88. The molecule has 0 bridgehead atoms. The van der Waals surface area contributed by atoms with Crippen molar-refractivity contribution in [2.24, 2.45) is 5.92 Å². The molecule has 54 heavy (non-hydrogen) atoms. The zero-order valence-corrected chi connectivity index (χ0v) is 37.4. The summed E-state index contributed by atoms with van der Waals surface area (Å²) in [6.45, 7) is 15.4. The zero-order chi connectivity index (χ0) is 41.0. The van der Waals surface area contributed by atoms with E-state index in [1.165, 1.54) is 140 Å². The van der Waals surface area contributed by atoms with E-state index in [1.807, 2.05) is 0 Å². The van der Waals surface area contributed by atoms with Gasteiger partial charge in [0.05, 0.1) is 38.6 Å². The van der Waals surface area contributed by atoms with Crippen LogP contribution in [0.2, 0.25) is 0 Å². The average Bonchev–Trinajstić information content (AvgIpc) is 3.12. The number of hydrogen-bond donors (Lipinski definition) is 2. The van der Waals surface area contributed by atoms with E-state index in [4.69, 9.17) is 0 Å². The van der Waals surface area contributed by atoms with Crippen molar-refractivity contribution in [3.05, 3.63) is 0 Å². The Morgan fingerprint density at radius 3 is 1.07 bits per heavy atom. The summed E-state index contributed by atoms with van der Waals surface area (Å²) in [4.78, 5) is 23.6. The Labute approximate surface area is 335 Å². The number of quaternary nitrogens is 1. The molecule has 324 valence electrons. The highest BCUT2D eigenvalue weighted by atomic mass is 32.2. The lowest BCUT2D eigenvalue weighted by Crippen LogP contribution is -2.60. The van der Waals surface area contributed by atoms with E-state index in [0.717, 1.165) is 51.4 Å². The summed E-state index contributed by atoms with van der Waals surface area (Å²) in [7, 11) is -2.60. The maximum atomic E-state index is 12.1. The van der Waals surface area contributed by atoms with E-state index in [-0.39, 0.29) is 12.8 Å². The van der Waals surface area contributed by atoms with Crippen LogP contribution in [0.25, 0.3) is 0 Å². The molecule has 0 aromatic heterocycles. The van der Waals surface area contributed by atoms with Crippen LogP contribution in [-0.2, 0) is 19.7 Å². The van der Waals surface area contributed by atoms with Crippen LogP contribution >= 0.6 is 0 Å². The molecule has 0 aliphatic heterocycles. The summed E-state index contributed by atoms with van der Waals surface area (Å²) in [6.07, 6.45) is 35.0. The monoisotopic (exact) mass is 790 g/mol. The molecule has 2 unspecified atom stereocenters. The van der Waals surface area contributed by atoms with Gasteiger partial charge in [-0.2, -0.15) is 8.42 Å². The van der Waals surface area contributed by atoms with Gasteiger partial charge in [-0.15, -0.1) is 0 Å². The Bertz CT molecular complexity index is 932. The molecule has 0 aromatic rings. The van der Waals surface area contributed by atoms with Gasteiger partial charge >= 0.3 is 5.97 Å². The third kappa shape index (κ3) is 27.4. The third-order valence-corrected chi connectivity index (χ3v) is 13.1. The number of nitrogens with zero attached hydrogens (tertiary/aromatic N) is 1. The van der Waals surface area contributed by atoms with Gasteiger partial charge < -0.3 is 19.5 Å². The first kappa shape index (κ1) is 54.9. The minimum Gasteiger partial charge on any atom is -0.548 e. The van der Waals surface area contributed by atoms with Gasteiger partial charge in [-0.05, 0) is 51.4 Å². The Balaban J connectivity index is 0. The van der Waals surface area contributed by atoms with Crippen molar-refractivity contribution in [1.82, 2.24) is 0 Å². The molecule has 0 rings (SSSR count). The number of rotatable bonds is 39. The molecule has 0 radical (unpaired) electrons. The fourth-order valence-electron chi connectivity index (χ4n) is 7.84. The number of carboxylic acid groups (broad SMARTS) is 2. The van der Waals surface area contributed by atoms with Gasteiger partial charge in [0.25, 0.3) is 10.1 Å². The molecule has 0 aromatic carbocycles. The van der Waals surface area contributed by atoms with Gasteiger partial charge in [-0.3, -0.25) is 9.35 Å². The van der Waals surface area contributed by atoms with Crippen molar-refractivity contribution in [3.8, 4) is 0 Å². The van der Waals surface area contributed by atoms with E-state index < -0.39 is 39.1 Å². The van der Waals surface area contributed by atoms with E-state index in [1.54, 1.807) is 0 Å². The fraction of sp³-hybridized carbons (Fsp3) is 0.956. The van der Waals surface area contributed by atoms with Crippen LogP contribution in [0.1, 0.15) is 240 Å². The summed E-state index contributed by atoms with van der Waals surface area (Å²) in [5.74, 6) is -5.28. The first-order valence-electron chi connectivity index (χ1n) is 23.1. The largest absolute Gasteiger partial charge is 0.548 e. The molecule has 0 spiro atoms. The Hall–Kier alpha value is -1.19. The SMILES string of the molecule is CCCCCCCCC(C(=O)O)C(CCCCCCCC)(C(=O)[O-])S(=O)(=O)O.CCCCCCCC[N+](C)(CCCCCCCC)CCCCCCCC. The standard InChI is InChI=1S/C25H54N.C20H38O7S/c1-5-8-11-14-17-20-23-26(4,24-21-18-15-12-9-6-2)25-22-19-16-13-10-7-3;1-3-5-7-9-11-13-15-17(18(21)22)20(19(23)24,28(25,26)27)16-14-12-10-8-6-4-2/h5-25H2,1-4H3;17H,3-16H2,1-2H3,(H,21,22)(H,23,24)(H,25,26,27)/q+1;/p-1. The first-order valence-corrected chi connectivity index (χ1v) is 24.5. The predicted molar refractivity (Wildman–Crippen MR) is 227 cm³/mol. The molecular weight excluding hydrogens is 699 g/mol. The number of unbranched alkanes of at least 4 members (excludes halogenated alkanes) is 25. The molecule has 0 aliphatic rings. The second kappa shape index (κ2) is 36.2. The average molecular weight is 790 g/mol. The van der Waals surface area contributed by atoms with Gasteiger partial charge in [0, 0.05) is 0 Å². The van der Waals surface area contributed by atoms with Crippen LogP contribution in [0.4, 0.5) is 0 Å². The van der Waals surface area contributed by atoms with Gasteiger partial charge in [0.1, 0.15) is 4.75 Å². The minimum atomic E-state index is -5.16. The quantitative estimate of drug-likeness (QED) is 0.0360. The number of carbonyl (C=O) groups excluding carboxylic acids is 1. The molecule has 2 N–H and O–H groups in total. The molecule has 0 aliphatic carbocycles. The molecule has 0 heterocycles. The second-order valence-electron chi connectivity index (χ2n) is 16.7. The van der Waals surface area contributed by atoms with Gasteiger partial charge in [-0.25, -0.2) is 0 Å². The molecule has 0 saturated heterocycles. The van der Waals surface area contributed by atoms with Crippen molar-refractivity contribution < 1.29 is 37.3 Å². The lowest BCUT2D eigenvalue weighted by atomic mass is 9.82. The smallest absolute Gasteiger partial charge is 0.308 e. The zero-order valence-electron chi connectivity index (χ0n) is 36.6. The Kier molecular flexibility index (Phi) is 36.8. The second-order valence-corrected chi connectivity index (χ2v) is 18.4. The Morgan fingerprint density at radius 1 is 0.519 bits per heavy atom. The highest BCUT2D eigenvalue weighted by Gasteiger charge is 2.53. The van der Waals surface area contributed by atoms with Gasteiger partial charge in [0.2, 0.25) is 0 Å². The topological polar surface area (TPSA) is 132 Å². The van der Waals surface area contributed by atoms with Crippen molar-refractivity contribution in [2.75, 3.05) is 26.7 Å². The number of carboxylic acids is 2. The van der Waals surface area contributed by atoms with Gasteiger partial charge in [0.15, 0.2) is 0 Å². The molecule has 9 heteroatoms. The number of aliphatic carboxylic acids is 2. The van der Waals surface area contributed by atoms with Crippen molar-refractivity contribution in [3.63, 3.8) is 0 Å². The maximum absolute atomic E-state index is 12.1. The van der Waals surface area contributed by atoms with E-state index in [9.17, 15) is 32.8 Å². The van der Waals surface area contributed by atoms with E-state index >= 15 is 0 Å². The highest BCUT2D eigenvalue weighted by Crippen LogP contribution is 2.36. The molecular formula is C45H91NO7S. The van der Waals surface area contributed by atoms with E-state index in [2.05, 4.69) is 41.7 Å². The summed E-state index contributed by atoms with van der Waals surface area (Å²) < 4.78 is 32.4. The van der Waals surface area contributed by atoms with Crippen LogP contribution in [0.5, 0.6) is 0 Å². The van der Waals surface area contributed by atoms with Crippen molar-refractivity contribution in [2.45, 2.75) is 245 Å². The van der Waals surface area contributed by atoms with Crippen molar-refractivity contribution >= 4 is 22.1 Å².